The van der Waals surface area contributed by atoms with Gasteiger partial charge in [-0.05, 0) is 37.8 Å². The maximum Gasteiger partial charge on any atom is 0.345 e. The number of aryl methyl sites for hydroxylation is 1. The zero-order valence-electron chi connectivity index (χ0n) is 15.5. The number of para-hydroxylation sites is 1. The third-order valence-electron chi connectivity index (χ3n) is 5.40. The van der Waals surface area contributed by atoms with E-state index in [9.17, 15) is 13.2 Å². The molecule has 2 aliphatic rings. The van der Waals surface area contributed by atoms with Gasteiger partial charge in [0.2, 0.25) is 10.0 Å². The highest BCUT2D eigenvalue weighted by Crippen LogP contribution is 2.38. The van der Waals surface area contributed by atoms with Gasteiger partial charge in [-0.2, -0.15) is 9.40 Å². The molecule has 1 aliphatic heterocycles. The average Bonchev–Trinajstić information content (AvgIpc) is 3.47. The van der Waals surface area contributed by atoms with Gasteiger partial charge in [0, 0.05) is 32.1 Å². The van der Waals surface area contributed by atoms with Gasteiger partial charge >= 0.3 is 5.69 Å². The second-order valence-corrected chi connectivity index (χ2v) is 9.10. The zero-order valence-corrected chi connectivity index (χ0v) is 16.4. The van der Waals surface area contributed by atoms with Crippen molar-refractivity contribution in [1.29, 1.82) is 0 Å². The van der Waals surface area contributed by atoms with Crippen LogP contribution in [0.25, 0.3) is 0 Å². The van der Waals surface area contributed by atoms with Gasteiger partial charge in [0.05, 0.1) is 7.11 Å². The first-order valence-electron chi connectivity index (χ1n) is 9.22. The summed E-state index contributed by atoms with van der Waals surface area (Å²) in [6.07, 6.45) is 3.33. The third kappa shape index (κ3) is 3.19. The minimum absolute atomic E-state index is 0.0726. The van der Waals surface area contributed by atoms with E-state index in [1.807, 2.05) is 4.57 Å². The van der Waals surface area contributed by atoms with Crippen molar-refractivity contribution in [3.8, 4) is 5.75 Å². The Morgan fingerprint density at radius 3 is 2.41 bits per heavy atom. The first-order chi connectivity index (χ1) is 12.9. The second kappa shape index (κ2) is 6.79. The molecule has 1 saturated heterocycles. The van der Waals surface area contributed by atoms with E-state index in [0.717, 1.165) is 18.7 Å². The van der Waals surface area contributed by atoms with E-state index < -0.39 is 10.0 Å². The number of piperidine rings is 1. The topological polar surface area (TPSA) is 86.4 Å². The molecule has 146 valence electrons. The molecule has 0 radical (unpaired) electrons. The van der Waals surface area contributed by atoms with Crippen molar-refractivity contribution in [1.82, 2.24) is 18.7 Å². The Bertz CT molecular complexity index is 999. The Morgan fingerprint density at radius 2 is 1.78 bits per heavy atom. The number of methoxy groups -OCH3 is 1. The predicted molar refractivity (Wildman–Crippen MR) is 99.5 cm³/mol. The summed E-state index contributed by atoms with van der Waals surface area (Å²) in [5.41, 5.74) is -0.0726. The minimum Gasteiger partial charge on any atom is -0.495 e. The van der Waals surface area contributed by atoms with Crippen molar-refractivity contribution in [2.24, 2.45) is 7.05 Å². The molecule has 0 unspecified atom stereocenters. The fraction of sp³-hybridized carbons (Fsp3) is 0.556. The number of aromatic nitrogens is 3. The molecule has 0 N–H and O–H groups in total. The van der Waals surface area contributed by atoms with Crippen LogP contribution in [-0.4, -0.2) is 47.3 Å². The lowest BCUT2D eigenvalue weighted by molar-refractivity contribution is 0.306. The Hall–Kier alpha value is -2.13. The number of hydrogen-bond donors (Lipinski definition) is 0. The molecule has 2 fully saturated rings. The number of ether oxygens (including phenoxy) is 1. The van der Waals surface area contributed by atoms with Gasteiger partial charge in [0.15, 0.2) is 0 Å². The molecule has 1 aromatic carbocycles. The number of benzene rings is 1. The first kappa shape index (κ1) is 18.2. The molecule has 1 saturated carbocycles. The molecule has 0 amide bonds. The van der Waals surface area contributed by atoms with Crippen LogP contribution in [-0.2, 0) is 17.1 Å². The molecular formula is C18H24N4O4S. The van der Waals surface area contributed by atoms with Gasteiger partial charge < -0.3 is 4.74 Å². The molecular weight excluding hydrogens is 368 g/mol. The van der Waals surface area contributed by atoms with Crippen LogP contribution < -0.4 is 10.4 Å². The molecule has 2 heterocycles. The standard InChI is InChI=1S/C18H24N4O4S/c1-20-18(23)22(14-7-8-14)17(19-20)13-9-11-21(12-10-13)27(24,25)16-6-4-3-5-15(16)26-2/h3-6,13-14H,7-12H2,1-2H3. The number of nitrogens with zero attached hydrogens (tertiary/aromatic N) is 4. The van der Waals surface area contributed by atoms with Crippen molar-refractivity contribution >= 4 is 10.0 Å². The zero-order chi connectivity index (χ0) is 19.2. The highest BCUT2D eigenvalue weighted by molar-refractivity contribution is 7.89. The van der Waals surface area contributed by atoms with E-state index in [4.69, 9.17) is 4.74 Å². The fourth-order valence-electron chi connectivity index (χ4n) is 3.78. The lowest BCUT2D eigenvalue weighted by Gasteiger charge is -2.31. The lowest BCUT2D eigenvalue weighted by atomic mass is 9.97. The summed E-state index contributed by atoms with van der Waals surface area (Å²) in [6, 6.07) is 6.94. The van der Waals surface area contributed by atoms with E-state index in [-0.39, 0.29) is 22.5 Å². The van der Waals surface area contributed by atoms with Crippen molar-refractivity contribution < 1.29 is 13.2 Å². The van der Waals surface area contributed by atoms with E-state index in [1.165, 1.54) is 16.1 Å². The van der Waals surface area contributed by atoms with Crippen LogP contribution in [0.5, 0.6) is 5.75 Å². The molecule has 0 spiro atoms. The van der Waals surface area contributed by atoms with E-state index >= 15 is 0 Å². The molecule has 1 aromatic heterocycles. The van der Waals surface area contributed by atoms with Crippen LogP contribution in [0, 0.1) is 0 Å². The van der Waals surface area contributed by atoms with Crippen LogP contribution in [0.4, 0.5) is 0 Å². The van der Waals surface area contributed by atoms with Crippen LogP contribution in [0.2, 0.25) is 0 Å². The summed E-state index contributed by atoms with van der Waals surface area (Å²) in [6.45, 7) is 0.807. The van der Waals surface area contributed by atoms with E-state index in [2.05, 4.69) is 5.10 Å². The number of sulfonamides is 1. The van der Waals surface area contributed by atoms with Crippen LogP contribution in [0.3, 0.4) is 0 Å². The fourth-order valence-corrected chi connectivity index (χ4v) is 5.40. The first-order valence-corrected chi connectivity index (χ1v) is 10.7. The number of hydrogen-bond acceptors (Lipinski definition) is 5. The predicted octanol–water partition coefficient (Wildman–Crippen LogP) is 1.49. The Kier molecular flexibility index (Phi) is 4.59. The third-order valence-corrected chi connectivity index (χ3v) is 7.34. The number of rotatable bonds is 5. The van der Waals surface area contributed by atoms with Crippen molar-refractivity contribution in [2.75, 3.05) is 20.2 Å². The Morgan fingerprint density at radius 1 is 1.11 bits per heavy atom. The molecule has 8 nitrogen and oxygen atoms in total. The normalized spacial score (nSPS) is 19.3. The molecule has 4 rings (SSSR count). The highest BCUT2D eigenvalue weighted by atomic mass is 32.2. The van der Waals surface area contributed by atoms with Gasteiger partial charge in [-0.1, -0.05) is 12.1 Å². The monoisotopic (exact) mass is 392 g/mol. The Labute approximate surface area is 158 Å². The van der Waals surface area contributed by atoms with Gasteiger partial charge in [-0.25, -0.2) is 17.9 Å². The van der Waals surface area contributed by atoms with Crippen LogP contribution in [0.15, 0.2) is 34.0 Å². The molecule has 2 aromatic rings. The summed E-state index contributed by atoms with van der Waals surface area (Å²) in [5.74, 6) is 1.26. The average molecular weight is 392 g/mol. The molecule has 0 atom stereocenters. The van der Waals surface area contributed by atoms with Crippen LogP contribution >= 0.6 is 0 Å². The van der Waals surface area contributed by atoms with Gasteiger partial charge in [0.1, 0.15) is 16.5 Å². The molecule has 9 heteroatoms. The molecule has 27 heavy (non-hydrogen) atoms. The second-order valence-electron chi connectivity index (χ2n) is 7.19. The Balaban J connectivity index is 1.54. The minimum atomic E-state index is -3.61. The van der Waals surface area contributed by atoms with Gasteiger partial charge in [-0.15, -0.1) is 0 Å². The van der Waals surface area contributed by atoms with Gasteiger partial charge in [-0.3, -0.25) is 4.57 Å². The summed E-state index contributed by atoms with van der Waals surface area (Å²) >= 11 is 0. The van der Waals surface area contributed by atoms with Crippen molar-refractivity contribution in [2.45, 2.75) is 42.5 Å². The van der Waals surface area contributed by atoms with Gasteiger partial charge in [0.25, 0.3) is 0 Å². The largest absolute Gasteiger partial charge is 0.495 e. The van der Waals surface area contributed by atoms with Crippen molar-refractivity contribution in [3.05, 3.63) is 40.6 Å². The van der Waals surface area contributed by atoms with E-state index in [0.29, 0.717) is 31.7 Å². The quantitative estimate of drug-likeness (QED) is 0.770. The van der Waals surface area contributed by atoms with E-state index in [1.54, 1.807) is 31.3 Å². The summed E-state index contributed by atoms with van der Waals surface area (Å²) in [4.78, 5) is 12.5. The summed E-state index contributed by atoms with van der Waals surface area (Å²) < 4.78 is 36.0. The summed E-state index contributed by atoms with van der Waals surface area (Å²) in [5, 5.41) is 4.45. The maximum absolute atomic E-state index is 13.0. The lowest BCUT2D eigenvalue weighted by Crippen LogP contribution is -2.38. The highest BCUT2D eigenvalue weighted by Gasteiger charge is 2.36. The molecule has 1 aliphatic carbocycles. The SMILES string of the molecule is COc1ccccc1S(=O)(=O)N1CCC(c2nn(C)c(=O)n2C2CC2)CC1. The molecule has 0 bridgehead atoms. The van der Waals surface area contributed by atoms with Crippen LogP contribution in [0.1, 0.15) is 43.5 Å². The van der Waals surface area contributed by atoms with Crippen molar-refractivity contribution in [3.63, 3.8) is 0 Å². The smallest absolute Gasteiger partial charge is 0.345 e. The summed E-state index contributed by atoms with van der Waals surface area (Å²) in [7, 11) is -0.470. The maximum atomic E-state index is 13.0.